The number of aryl methyl sites for hydroxylation is 2. The number of aromatic hydroxyl groups is 1. The molecule has 0 amide bonds. The first-order valence-corrected chi connectivity index (χ1v) is 21.5. The van der Waals surface area contributed by atoms with E-state index in [2.05, 4.69) is 105 Å². The Bertz CT molecular complexity index is 2190. The number of anilines is 1. The van der Waals surface area contributed by atoms with Gasteiger partial charge >= 0.3 is 25.8 Å². The zero-order valence-electron chi connectivity index (χ0n) is 38.1. The van der Waals surface area contributed by atoms with E-state index in [0.717, 1.165) is 64.1 Å². The Kier molecular flexibility index (Phi) is 21.9. The topological polar surface area (TPSA) is 32.7 Å². The van der Waals surface area contributed by atoms with Gasteiger partial charge in [0.15, 0.2) is 0 Å². The summed E-state index contributed by atoms with van der Waals surface area (Å²) in [6.45, 7) is 26.1. The van der Waals surface area contributed by atoms with Gasteiger partial charge in [-0.15, -0.1) is 36.4 Å². The van der Waals surface area contributed by atoms with E-state index in [-0.39, 0.29) is 31.6 Å². The van der Waals surface area contributed by atoms with E-state index in [0.29, 0.717) is 18.4 Å². The van der Waals surface area contributed by atoms with Gasteiger partial charge in [-0.25, -0.2) is 0 Å². The number of para-hydroxylation sites is 1. The molecule has 0 saturated heterocycles. The third-order valence-electron chi connectivity index (χ3n) is 10.2. The molecule has 1 N–H and O–H groups in total. The van der Waals surface area contributed by atoms with Crippen LogP contribution in [0.3, 0.4) is 0 Å². The fourth-order valence-corrected chi connectivity index (χ4v) is 6.93. The average molecular weight is 988 g/mol. The van der Waals surface area contributed by atoms with Crippen LogP contribution in [-0.4, -0.2) is 25.3 Å². The smallest absolute Gasteiger partial charge is 0.507 e. The molecule has 0 aromatic heterocycles. The quantitative estimate of drug-likeness (QED) is 0.0796. The van der Waals surface area contributed by atoms with Crippen LogP contribution >= 0.6 is 0 Å². The second-order valence-corrected chi connectivity index (χ2v) is 15.9. The molecule has 0 unspecified atom stereocenters. The van der Waals surface area contributed by atoms with Gasteiger partial charge in [-0.2, -0.15) is 73.9 Å². The van der Waals surface area contributed by atoms with E-state index in [4.69, 9.17) is 4.74 Å². The first kappa shape index (κ1) is 50.8. The van der Waals surface area contributed by atoms with Gasteiger partial charge in [0, 0.05) is 36.0 Å². The van der Waals surface area contributed by atoms with Gasteiger partial charge in [-0.05, 0) is 66.0 Å². The molecule has 0 radical (unpaired) electrons. The summed E-state index contributed by atoms with van der Waals surface area (Å²) < 4.78 is 6.41. The number of hydrogen-bond donors (Lipinski definition) is 1. The number of phenolic OH excluding ortho intramolecular Hbond substituents is 1. The maximum atomic E-state index is 11.4. The van der Waals surface area contributed by atoms with Crippen molar-refractivity contribution < 1.29 is 35.7 Å². The molecule has 0 saturated carbocycles. The largest absolute Gasteiger partial charge is 4.00 e. The number of ether oxygens (including phenoxy) is 1. The molecule has 0 bridgehead atoms. The van der Waals surface area contributed by atoms with E-state index in [1.165, 1.54) is 27.9 Å². The van der Waals surface area contributed by atoms with Crippen LogP contribution in [0.4, 0.5) is 5.69 Å². The summed E-state index contributed by atoms with van der Waals surface area (Å²) in [7, 11) is 2.21. The third-order valence-corrected chi connectivity index (χ3v) is 10.2. The monoisotopic (exact) mass is 988 g/mol. The van der Waals surface area contributed by atoms with Crippen molar-refractivity contribution in [1.82, 2.24) is 0 Å². The summed E-state index contributed by atoms with van der Waals surface area (Å²) in [5.74, 6) is 2.02. The van der Waals surface area contributed by atoms with Crippen molar-refractivity contribution in [2.75, 3.05) is 25.1 Å². The fourth-order valence-electron chi connectivity index (χ4n) is 6.93. The van der Waals surface area contributed by atoms with Gasteiger partial charge in [-0.1, -0.05) is 125 Å². The van der Waals surface area contributed by atoms with E-state index in [1.807, 2.05) is 140 Å². The summed E-state index contributed by atoms with van der Waals surface area (Å²) >= 11 is 0. The summed E-state index contributed by atoms with van der Waals surface area (Å²) in [4.78, 5) is 2.41. The van der Waals surface area contributed by atoms with Crippen molar-refractivity contribution in [2.45, 2.75) is 66.2 Å². The summed E-state index contributed by atoms with van der Waals surface area (Å²) in [6, 6.07) is 56.6. The molecule has 7 rings (SSSR count). The van der Waals surface area contributed by atoms with Gasteiger partial charge in [0.1, 0.15) is 11.5 Å². The zero-order valence-corrected chi connectivity index (χ0v) is 41.7. The van der Waals surface area contributed by atoms with E-state index in [1.54, 1.807) is 0 Å². The zero-order chi connectivity index (χ0) is 44.1. The standard InChI is InChI=1S/C37H45NO2.3C7H7.Hf/c1-8-28-18-19-35(34(24-28)31-17-12-16-30(37(31)39)29-14-10-9-11-15-29)40-21-13-20-38(7)36-32(25(2)3)22-27(6)23-33(36)26(4)5;3*1-7-5-3-2-4-6-7;/h9-12,14-19,22-26,39H,8,13,20-21H2,1-7H3;3*2-6H,1H2;/q;3*-1;+4. The van der Waals surface area contributed by atoms with E-state index < -0.39 is 0 Å². The van der Waals surface area contributed by atoms with Crippen LogP contribution in [0.5, 0.6) is 11.5 Å². The van der Waals surface area contributed by atoms with Crippen LogP contribution in [0, 0.1) is 27.7 Å². The van der Waals surface area contributed by atoms with Gasteiger partial charge in [-0.3, -0.25) is 0 Å². The number of hydrogen-bond acceptors (Lipinski definition) is 3. The molecular formula is C58H66HfNO2+. The molecule has 62 heavy (non-hydrogen) atoms. The summed E-state index contributed by atoms with van der Waals surface area (Å²) in [5, 5.41) is 11.4. The number of phenols is 1. The fraction of sp³-hybridized carbons (Fsp3) is 0.224. The molecule has 0 atom stereocenters. The predicted molar refractivity (Wildman–Crippen MR) is 264 cm³/mol. The Hall–Kier alpha value is -5.58. The van der Waals surface area contributed by atoms with Crippen molar-refractivity contribution in [1.29, 1.82) is 0 Å². The summed E-state index contributed by atoms with van der Waals surface area (Å²) in [5.41, 5.74) is 13.5. The number of benzene rings is 7. The first-order valence-electron chi connectivity index (χ1n) is 21.5. The minimum Gasteiger partial charge on any atom is -0.507 e. The van der Waals surface area contributed by atoms with Gasteiger partial charge < -0.3 is 14.7 Å². The Morgan fingerprint density at radius 2 is 1.02 bits per heavy atom. The molecule has 0 aliphatic heterocycles. The Morgan fingerprint density at radius 3 is 1.44 bits per heavy atom. The van der Waals surface area contributed by atoms with Gasteiger partial charge in [0.25, 0.3) is 0 Å². The maximum absolute atomic E-state index is 11.4. The molecule has 7 aromatic rings. The van der Waals surface area contributed by atoms with Crippen LogP contribution in [0.25, 0.3) is 22.3 Å². The first-order chi connectivity index (χ1) is 29.4. The van der Waals surface area contributed by atoms with Crippen molar-refractivity contribution in [3.8, 4) is 33.8 Å². The van der Waals surface area contributed by atoms with Crippen LogP contribution in [0.1, 0.15) is 91.8 Å². The molecule has 0 fully saturated rings. The molecule has 0 heterocycles. The van der Waals surface area contributed by atoms with E-state index in [9.17, 15) is 5.11 Å². The Labute approximate surface area is 393 Å². The van der Waals surface area contributed by atoms with Crippen molar-refractivity contribution in [2.24, 2.45) is 0 Å². The van der Waals surface area contributed by atoms with Crippen LogP contribution < -0.4 is 9.64 Å². The van der Waals surface area contributed by atoms with Crippen molar-refractivity contribution in [3.63, 3.8) is 0 Å². The summed E-state index contributed by atoms with van der Waals surface area (Å²) in [6.07, 6.45) is 1.81. The van der Waals surface area contributed by atoms with Crippen LogP contribution in [0.15, 0.2) is 170 Å². The molecule has 318 valence electrons. The molecular weight excluding hydrogens is 921 g/mol. The predicted octanol–water partition coefficient (Wildman–Crippen LogP) is 15.4. The Morgan fingerprint density at radius 1 is 0.565 bits per heavy atom. The maximum Gasteiger partial charge on any atom is 4.00 e. The average Bonchev–Trinajstić information content (AvgIpc) is 3.26. The second kappa shape index (κ2) is 26.7. The molecule has 4 heteroatoms. The van der Waals surface area contributed by atoms with Gasteiger partial charge in [0.2, 0.25) is 0 Å². The molecule has 0 spiro atoms. The normalized spacial score (nSPS) is 10.2. The van der Waals surface area contributed by atoms with Crippen LogP contribution in [0.2, 0.25) is 0 Å². The van der Waals surface area contributed by atoms with Crippen LogP contribution in [-0.2, 0) is 32.3 Å². The molecule has 0 aliphatic carbocycles. The Balaban J connectivity index is 0.000000374. The number of rotatable bonds is 11. The second-order valence-electron chi connectivity index (χ2n) is 15.9. The van der Waals surface area contributed by atoms with Gasteiger partial charge in [0.05, 0.1) is 6.61 Å². The van der Waals surface area contributed by atoms with E-state index >= 15 is 0 Å². The SMILES string of the molecule is CCc1ccc(OCCCN(C)c2c(C(C)C)cc(C)cc2C(C)C)c(-c2cccc(-c3ccccc3)c2O)c1.[CH2-]c1ccccc1.[CH2-]c1ccccc1.[CH2-]c1ccccc1.[Hf+4]. The van der Waals surface area contributed by atoms with Crippen molar-refractivity contribution in [3.05, 3.63) is 230 Å². The molecule has 7 aromatic carbocycles. The number of nitrogens with zero attached hydrogens (tertiary/aromatic N) is 1. The minimum absolute atomic E-state index is 0. The molecule has 3 nitrogen and oxygen atoms in total. The third kappa shape index (κ3) is 16.0. The van der Waals surface area contributed by atoms with Crippen molar-refractivity contribution >= 4 is 5.69 Å². The minimum atomic E-state index is 0. The molecule has 0 aliphatic rings.